The normalized spacial score (nSPS) is 14.3. The molecular formula is C50H67N13O17. The molecule has 3 aromatic rings. The highest BCUT2D eigenvalue weighted by molar-refractivity contribution is 6.00. The van der Waals surface area contributed by atoms with Gasteiger partial charge in [-0.1, -0.05) is 74.5 Å². The Bertz CT molecular complexity index is 2660. The number of carbonyl (C=O) groups is 13. The van der Waals surface area contributed by atoms with Crippen LogP contribution in [0.4, 0.5) is 0 Å². The van der Waals surface area contributed by atoms with E-state index < -0.39 is 189 Å². The van der Waals surface area contributed by atoms with Crippen LogP contribution in [-0.2, 0) is 81.6 Å². The van der Waals surface area contributed by atoms with Crippen LogP contribution in [0.1, 0.15) is 69.2 Å². The lowest BCUT2D eigenvalue weighted by atomic mass is 10.0. The average molecular weight is 1120 g/mol. The fourth-order valence-electron chi connectivity index (χ4n) is 7.61. The van der Waals surface area contributed by atoms with Gasteiger partial charge in [-0.3, -0.25) is 57.5 Å². The molecule has 0 aliphatic rings. The van der Waals surface area contributed by atoms with E-state index in [2.05, 4.69) is 47.2 Å². The number of hydrogen-bond acceptors (Lipinski definition) is 16. The van der Waals surface area contributed by atoms with Gasteiger partial charge in [-0.15, -0.1) is 0 Å². The monoisotopic (exact) mass is 1120 g/mol. The summed E-state index contributed by atoms with van der Waals surface area (Å²) in [6, 6.07) is 1.43. The van der Waals surface area contributed by atoms with E-state index in [0.29, 0.717) is 11.3 Å². The third kappa shape index (κ3) is 22.7. The second-order valence-corrected chi connectivity index (χ2v) is 18.7. The minimum Gasteiger partial charge on any atom is -0.481 e. The Hall–Kier alpha value is -9.32. The number of benzene rings is 2. The average Bonchev–Trinajstić information content (AvgIpc) is 3.91. The van der Waals surface area contributed by atoms with E-state index in [1.54, 1.807) is 62.4 Å². The maximum absolute atomic E-state index is 14.2. The second-order valence-electron chi connectivity index (χ2n) is 18.7. The van der Waals surface area contributed by atoms with Crippen LogP contribution in [-0.4, -0.2) is 168 Å². The summed E-state index contributed by atoms with van der Waals surface area (Å²) in [5.74, 6) is -16.5. The smallest absolute Gasteiger partial charge is 0.326 e. The number of amides is 10. The molecule has 434 valence electrons. The summed E-state index contributed by atoms with van der Waals surface area (Å²) < 4.78 is 0. The molecule has 30 heteroatoms. The highest BCUT2D eigenvalue weighted by atomic mass is 16.4. The van der Waals surface area contributed by atoms with Gasteiger partial charge in [-0.2, -0.15) is 0 Å². The molecule has 0 aliphatic heterocycles. The minimum absolute atomic E-state index is 0.131. The topological polar surface area (TPSA) is 506 Å². The minimum atomic E-state index is -2.09. The fourth-order valence-corrected chi connectivity index (χ4v) is 7.61. The molecule has 0 bridgehead atoms. The Morgan fingerprint density at radius 3 is 1.44 bits per heavy atom. The van der Waals surface area contributed by atoms with E-state index in [4.69, 9.17) is 22.3 Å². The van der Waals surface area contributed by atoms with Crippen LogP contribution in [0.3, 0.4) is 0 Å². The van der Waals surface area contributed by atoms with Gasteiger partial charge in [-0.25, -0.2) is 9.78 Å². The summed E-state index contributed by atoms with van der Waals surface area (Å²) in [6.07, 6.45) is -2.51. The Morgan fingerprint density at radius 2 is 0.950 bits per heavy atom. The Morgan fingerprint density at radius 1 is 0.500 bits per heavy atom. The van der Waals surface area contributed by atoms with E-state index >= 15 is 0 Å². The first-order chi connectivity index (χ1) is 37.8. The number of primary amides is 2. The van der Waals surface area contributed by atoms with Crippen molar-refractivity contribution >= 4 is 77.0 Å². The van der Waals surface area contributed by atoms with E-state index in [-0.39, 0.29) is 12.8 Å². The van der Waals surface area contributed by atoms with E-state index in [0.717, 1.165) is 5.56 Å². The van der Waals surface area contributed by atoms with Crippen LogP contribution < -0.4 is 59.7 Å². The number of carboxylic acid groups (broad SMARTS) is 3. The van der Waals surface area contributed by atoms with Gasteiger partial charge >= 0.3 is 17.9 Å². The summed E-state index contributed by atoms with van der Waals surface area (Å²) in [5.41, 5.74) is 18.4. The van der Waals surface area contributed by atoms with Gasteiger partial charge < -0.3 is 85.1 Å². The third-order valence-corrected chi connectivity index (χ3v) is 11.8. The Kier molecular flexibility index (Phi) is 26.3. The number of aromatic amines is 1. The maximum atomic E-state index is 14.2. The molecule has 0 unspecified atom stereocenters. The van der Waals surface area contributed by atoms with Gasteiger partial charge in [0, 0.05) is 37.6 Å². The van der Waals surface area contributed by atoms with Crippen molar-refractivity contribution in [1.82, 2.24) is 52.5 Å². The molecule has 9 atom stereocenters. The molecule has 0 radical (unpaired) electrons. The van der Waals surface area contributed by atoms with Crippen molar-refractivity contribution in [2.45, 2.75) is 126 Å². The molecular weight excluding hydrogens is 1050 g/mol. The third-order valence-electron chi connectivity index (χ3n) is 11.8. The number of hydrogen-bond donors (Lipinski definition) is 16. The van der Waals surface area contributed by atoms with Crippen molar-refractivity contribution in [2.24, 2.45) is 23.1 Å². The van der Waals surface area contributed by atoms with Crippen LogP contribution in [0.25, 0.3) is 0 Å². The number of aromatic nitrogens is 2. The maximum Gasteiger partial charge on any atom is 0.326 e. The van der Waals surface area contributed by atoms with Gasteiger partial charge in [0.1, 0.15) is 48.3 Å². The van der Waals surface area contributed by atoms with Crippen LogP contribution in [0.5, 0.6) is 0 Å². The SMILES string of the molecule is CC(C)[C@H](NC(=O)[C@@H](N)Cc1ccccc1)C(=O)N[C@@H](Cc1cnc[nH]1)C(=O)N[C@@H](CC(N)=O)C(=O)N[C@@H](CC(=O)O)C(=O)N[C@@H](Cc1ccccc1)C(=O)N[C@@H](CCC(N)=O)C(=O)N[C@@H](CO)C(=O)N[C@@H](CCC(=O)O)C(=O)O. The molecule has 2 aromatic carbocycles. The number of carbonyl (C=O) groups excluding carboxylic acids is 10. The molecule has 0 fully saturated rings. The number of aliphatic carboxylic acids is 3. The number of imidazole rings is 1. The van der Waals surface area contributed by atoms with Crippen molar-refractivity contribution in [1.29, 1.82) is 0 Å². The highest BCUT2D eigenvalue weighted by Crippen LogP contribution is 2.11. The zero-order chi connectivity index (χ0) is 59.6. The van der Waals surface area contributed by atoms with Gasteiger partial charge in [-0.05, 0) is 36.3 Å². The molecule has 0 aliphatic carbocycles. The summed E-state index contributed by atoms with van der Waals surface area (Å²) in [6.45, 7) is 2.08. The fraction of sp³-hybridized carbons (Fsp3) is 0.440. The lowest BCUT2D eigenvalue weighted by Gasteiger charge is -2.28. The molecule has 30 nitrogen and oxygen atoms in total. The van der Waals surface area contributed by atoms with Gasteiger partial charge in [0.25, 0.3) is 0 Å². The predicted octanol–water partition coefficient (Wildman–Crippen LogP) is -5.14. The molecule has 0 saturated carbocycles. The molecule has 1 heterocycles. The van der Waals surface area contributed by atoms with Gasteiger partial charge in [0.2, 0.25) is 59.1 Å². The number of nitrogens with two attached hydrogens (primary N) is 3. The molecule has 80 heavy (non-hydrogen) atoms. The molecule has 0 spiro atoms. The molecule has 10 amide bonds. The van der Waals surface area contributed by atoms with Crippen molar-refractivity contribution in [3.8, 4) is 0 Å². The van der Waals surface area contributed by atoms with Crippen LogP contribution in [0.2, 0.25) is 0 Å². The summed E-state index contributed by atoms with van der Waals surface area (Å²) >= 11 is 0. The van der Waals surface area contributed by atoms with Crippen LogP contribution >= 0.6 is 0 Å². The number of aliphatic hydroxyl groups excluding tert-OH is 1. The number of rotatable bonds is 35. The van der Waals surface area contributed by atoms with Gasteiger partial charge in [0.05, 0.1) is 31.8 Å². The largest absolute Gasteiger partial charge is 0.481 e. The van der Waals surface area contributed by atoms with Crippen molar-refractivity contribution < 1.29 is 82.8 Å². The van der Waals surface area contributed by atoms with Crippen LogP contribution in [0, 0.1) is 5.92 Å². The van der Waals surface area contributed by atoms with E-state index in [1.165, 1.54) is 24.7 Å². The van der Waals surface area contributed by atoms with Crippen molar-refractivity contribution in [3.05, 3.63) is 90.0 Å². The van der Waals surface area contributed by atoms with Crippen molar-refractivity contribution in [3.63, 3.8) is 0 Å². The zero-order valence-corrected chi connectivity index (χ0v) is 43.5. The molecule has 1 aromatic heterocycles. The predicted molar refractivity (Wildman–Crippen MR) is 277 cm³/mol. The standard InChI is InChI=1S/C50H67N13O17/c1-25(2)41(63-42(71)29(51)17-26-9-5-3-6-10-26)49(78)61-33(19-28-22-54-24-55-28)45(74)59-34(20-38(53)66)46(75)60-35(21-40(69)70)47(76)58-32(18-27-11-7-4-8-12-27)44(73)56-30(13-15-37(52)65)43(72)62-36(23-64)48(77)57-31(50(79)80)14-16-39(67)68/h3-12,22,24-25,29-36,41,64H,13-21,23,51H2,1-2H3,(H2,52,65)(H2,53,66)(H,54,55)(H,56,73)(H,57,77)(H,58,76)(H,59,74)(H,60,75)(H,61,78)(H,62,72)(H,63,71)(H,67,68)(H,69,70)(H,79,80)/t29-,30-,31-,32-,33-,34-,35-,36-,41-/m0/s1. The summed E-state index contributed by atoms with van der Waals surface area (Å²) in [5, 5.41) is 56.6. The first-order valence-corrected chi connectivity index (χ1v) is 24.9. The quantitative estimate of drug-likeness (QED) is 0.0262. The number of nitrogens with zero attached hydrogens (tertiary/aromatic N) is 1. The van der Waals surface area contributed by atoms with Crippen LogP contribution in [0.15, 0.2) is 73.2 Å². The highest BCUT2D eigenvalue weighted by Gasteiger charge is 2.37. The lowest BCUT2D eigenvalue weighted by Crippen LogP contribution is -2.61. The molecule has 0 saturated heterocycles. The molecule has 19 N–H and O–H groups in total. The second kappa shape index (κ2) is 32.4. The van der Waals surface area contributed by atoms with E-state index in [1.807, 2.05) is 5.32 Å². The number of H-pyrrole nitrogens is 1. The van der Waals surface area contributed by atoms with E-state index in [9.17, 15) is 77.6 Å². The zero-order valence-electron chi connectivity index (χ0n) is 43.5. The Labute approximate surface area is 456 Å². The first-order valence-electron chi connectivity index (χ1n) is 24.9. The number of carboxylic acids is 3. The van der Waals surface area contributed by atoms with Crippen molar-refractivity contribution in [2.75, 3.05) is 6.61 Å². The summed E-state index contributed by atoms with van der Waals surface area (Å²) in [7, 11) is 0. The lowest BCUT2D eigenvalue weighted by molar-refractivity contribution is -0.144. The first kappa shape index (κ1) is 65.0. The summed E-state index contributed by atoms with van der Waals surface area (Å²) in [4.78, 5) is 176. The number of nitrogens with one attached hydrogen (secondary N) is 9. The number of aliphatic hydroxyl groups is 1. The Balaban J connectivity index is 1.90. The molecule has 3 rings (SSSR count). The van der Waals surface area contributed by atoms with Gasteiger partial charge in [0.15, 0.2) is 0 Å².